The molecule has 1 aliphatic heterocycles. The van der Waals surface area contributed by atoms with Crippen LogP contribution in [0.2, 0.25) is 0 Å². The van der Waals surface area contributed by atoms with Crippen molar-refractivity contribution in [2.75, 3.05) is 19.7 Å². The number of hydrogen-bond donors (Lipinski definition) is 0. The van der Waals surface area contributed by atoms with Gasteiger partial charge in [0.15, 0.2) is 0 Å². The summed E-state index contributed by atoms with van der Waals surface area (Å²) >= 11 is 0. The van der Waals surface area contributed by atoms with Crippen molar-refractivity contribution in [3.63, 3.8) is 0 Å². The summed E-state index contributed by atoms with van der Waals surface area (Å²) in [4.78, 5) is 26.1. The fraction of sp³-hybridized carbons (Fsp3) is 0.389. The zero-order valence-electron chi connectivity index (χ0n) is 14.0. The van der Waals surface area contributed by atoms with Crippen LogP contribution in [0, 0.1) is 6.92 Å². The van der Waals surface area contributed by atoms with Gasteiger partial charge in [-0.05, 0) is 51.0 Å². The number of carbonyl (C=O) groups excluding carboxylic acids is 2. The highest BCUT2D eigenvalue weighted by atomic mass is 16.5. The Morgan fingerprint density at radius 2 is 1.83 bits per heavy atom. The molecule has 0 bridgehead atoms. The van der Waals surface area contributed by atoms with E-state index in [-0.39, 0.29) is 11.9 Å². The number of rotatable bonds is 4. The Morgan fingerprint density at radius 1 is 1.17 bits per heavy atom. The van der Waals surface area contributed by atoms with Crippen LogP contribution >= 0.6 is 0 Å². The molecule has 1 amide bonds. The monoisotopic (exact) mass is 327 g/mol. The molecule has 0 atom stereocenters. The molecule has 0 N–H and O–H groups in total. The average molecular weight is 327 g/mol. The summed E-state index contributed by atoms with van der Waals surface area (Å²) in [6, 6.07) is 7.30. The van der Waals surface area contributed by atoms with Crippen LogP contribution in [0.1, 0.15) is 46.2 Å². The molecule has 6 nitrogen and oxygen atoms in total. The smallest absolute Gasteiger partial charge is 0.341 e. The zero-order chi connectivity index (χ0) is 17.1. The third kappa shape index (κ3) is 3.04. The summed E-state index contributed by atoms with van der Waals surface area (Å²) in [5.41, 5.74) is 2.65. The lowest BCUT2D eigenvalue weighted by molar-refractivity contribution is 0.0525. The molecule has 2 aromatic rings. The van der Waals surface area contributed by atoms with Crippen molar-refractivity contribution in [3.05, 3.63) is 47.3 Å². The predicted octanol–water partition coefficient (Wildman–Crippen LogP) is 2.59. The molecule has 6 heteroatoms. The van der Waals surface area contributed by atoms with Gasteiger partial charge in [0, 0.05) is 18.7 Å². The quantitative estimate of drug-likeness (QED) is 0.810. The third-order valence-corrected chi connectivity index (χ3v) is 4.26. The van der Waals surface area contributed by atoms with Gasteiger partial charge in [0.1, 0.15) is 5.56 Å². The highest BCUT2D eigenvalue weighted by molar-refractivity contribution is 5.94. The second-order valence-electron chi connectivity index (χ2n) is 5.82. The average Bonchev–Trinajstić information content (AvgIpc) is 3.24. The van der Waals surface area contributed by atoms with Gasteiger partial charge in [-0.2, -0.15) is 5.10 Å². The van der Waals surface area contributed by atoms with E-state index >= 15 is 0 Å². The van der Waals surface area contributed by atoms with Crippen LogP contribution in [0.5, 0.6) is 0 Å². The van der Waals surface area contributed by atoms with Crippen molar-refractivity contribution in [1.29, 1.82) is 0 Å². The van der Waals surface area contributed by atoms with E-state index in [0.29, 0.717) is 23.4 Å². The maximum Gasteiger partial charge on any atom is 0.341 e. The van der Waals surface area contributed by atoms with Gasteiger partial charge in [-0.3, -0.25) is 4.79 Å². The fourth-order valence-corrected chi connectivity index (χ4v) is 2.93. The third-order valence-electron chi connectivity index (χ3n) is 4.26. The van der Waals surface area contributed by atoms with E-state index in [9.17, 15) is 9.59 Å². The van der Waals surface area contributed by atoms with E-state index in [0.717, 1.165) is 31.6 Å². The van der Waals surface area contributed by atoms with E-state index in [1.54, 1.807) is 23.7 Å². The van der Waals surface area contributed by atoms with Gasteiger partial charge in [0.25, 0.3) is 5.91 Å². The van der Waals surface area contributed by atoms with Gasteiger partial charge >= 0.3 is 5.97 Å². The lowest BCUT2D eigenvalue weighted by Crippen LogP contribution is -2.27. The number of nitrogens with zero attached hydrogens (tertiary/aromatic N) is 3. The zero-order valence-corrected chi connectivity index (χ0v) is 14.0. The van der Waals surface area contributed by atoms with E-state index in [1.807, 2.05) is 24.0 Å². The molecule has 0 spiro atoms. The maximum absolute atomic E-state index is 12.4. The van der Waals surface area contributed by atoms with Crippen LogP contribution in [-0.4, -0.2) is 46.3 Å². The molecule has 3 rings (SSSR count). The minimum atomic E-state index is -0.373. The Bertz CT molecular complexity index is 743. The molecule has 0 radical (unpaired) electrons. The van der Waals surface area contributed by atoms with Crippen molar-refractivity contribution in [1.82, 2.24) is 14.7 Å². The van der Waals surface area contributed by atoms with E-state index in [2.05, 4.69) is 5.10 Å². The second kappa shape index (κ2) is 6.86. The number of esters is 1. The van der Waals surface area contributed by atoms with Crippen molar-refractivity contribution < 1.29 is 14.3 Å². The Kier molecular flexibility index (Phi) is 4.64. The lowest BCUT2D eigenvalue weighted by Gasteiger charge is -2.15. The molecular weight excluding hydrogens is 306 g/mol. The normalized spacial score (nSPS) is 14.0. The van der Waals surface area contributed by atoms with Gasteiger partial charge in [0.05, 0.1) is 24.2 Å². The molecular formula is C18H21N3O3. The number of amides is 1. The SMILES string of the molecule is CCOC(=O)c1cnn(-c2ccc(C(=O)N3CCCC3)cc2)c1C. The number of carbonyl (C=O) groups is 2. The summed E-state index contributed by atoms with van der Waals surface area (Å²) < 4.78 is 6.70. The molecule has 1 aliphatic rings. The first kappa shape index (κ1) is 16.2. The van der Waals surface area contributed by atoms with Crippen molar-refractivity contribution in [3.8, 4) is 5.69 Å². The molecule has 0 unspecified atom stereocenters. The van der Waals surface area contributed by atoms with Gasteiger partial charge in [-0.15, -0.1) is 0 Å². The second-order valence-corrected chi connectivity index (χ2v) is 5.82. The topological polar surface area (TPSA) is 64.4 Å². The molecule has 1 aromatic heterocycles. The van der Waals surface area contributed by atoms with Crippen molar-refractivity contribution in [2.45, 2.75) is 26.7 Å². The largest absolute Gasteiger partial charge is 0.462 e. The Labute approximate surface area is 141 Å². The highest BCUT2D eigenvalue weighted by Crippen LogP contribution is 2.18. The van der Waals surface area contributed by atoms with Crippen molar-refractivity contribution in [2.24, 2.45) is 0 Å². The number of ether oxygens (including phenoxy) is 1. The number of benzene rings is 1. The van der Waals surface area contributed by atoms with Crippen LogP contribution in [-0.2, 0) is 4.74 Å². The van der Waals surface area contributed by atoms with E-state index in [4.69, 9.17) is 4.74 Å². The highest BCUT2D eigenvalue weighted by Gasteiger charge is 2.20. The van der Waals surface area contributed by atoms with Crippen LogP contribution in [0.4, 0.5) is 0 Å². The molecule has 1 saturated heterocycles. The van der Waals surface area contributed by atoms with E-state index < -0.39 is 0 Å². The minimum absolute atomic E-state index is 0.0726. The van der Waals surface area contributed by atoms with Crippen LogP contribution in [0.15, 0.2) is 30.5 Å². The maximum atomic E-state index is 12.4. The van der Waals surface area contributed by atoms with Crippen LogP contribution in [0.25, 0.3) is 5.69 Å². The number of aromatic nitrogens is 2. The lowest BCUT2D eigenvalue weighted by atomic mass is 10.1. The predicted molar refractivity (Wildman–Crippen MR) is 89.4 cm³/mol. The van der Waals surface area contributed by atoms with Gasteiger partial charge in [-0.1, -0.05) is 0 Å². The summed E-state index contributed by atoms with van der Waals surface area (Å²) in [6.45, 7) is 5.59. The van der Waals surface area contributed by atoms with E-state index in [1.165, 1.54) is 6.20 Å². The Balaban J connectivity index is 1.81. The summed E-state index contributed by atoms with van der Waals surface area (Å²) in [7, 11) is 0. The molecule has 1 fully saturated rings. The fourth-order valence-electron chi connectivity index (χ4n) is 2.93. The first-order valence-corrected chi connectivity index (χ1v) is 8.23. The number of likely N-dealkylation sites (tertiary alicyclic amines) is 1. The molecule has 0 saturated carbocycles. The first-order chi connectivity index (χ1) is 11.6. The summed E-state index contributed by atoms with van der Waals surface area (Å²) in [5.74, 6) is -0.300. The van der Waals surface area contributed by atoms with Gasteiger partial charge in [-0.25, -0.2) is 9.48 Å². The van der Waals surface area contributed by atoms with Crippen molar-refractivity contribution >= 4 is 11.9 Å². The van der Waals surface area contributed by atoms with Gasteiger partial charge < -0.3 is 9.64 Å². The summed E-state index contributed by atoms with van der Waals surface area (Å²) in [6.07, 6.45) is 3.66. The Hall–Kier alpha value is -2.63. The standard InChI is InChI=1S/C18H21N3O3/c1-3-24-18(23)16-12-19-21(13(16)2)15-8-6-14(7-9-15)17(22)20-10-4-5-11-20/h6-9,12H,3-5,10-11H2,1-2H3. The first-order valence-electron chi connectivity index (χ1n) is 8.23. The van der Waals surface area contributed by atoms with Gasteiger partial charge in [0.2, 0.25) is 0 Å². The van der Waals surface area contributed by atoms with Crippen LogP contribution in [0.3, 0.4) is 0 Å². The van der Waals surface area contributed by atoms with Crippen LogP contribution < -0.4 is 0 Å². The molecule has 126 valence electrons. The number of hydrogen-bond acceptors (Lipinski definition) is 4. The minimum Gasteiger partial charge on any atom is -0.462 e. The molecule has 24 heavy (non-hydrogen) atoms. The molecule has 0 aliphatic carbocycles. The Morgan fingerprint density at radius 3 is 2.46 bits per heavy atom. The molecule has 2 heterocycles. The summed E-state index contributed by atoms with van der Waals surface area (Å²) in [5, 5.41) is 4.26. The molecule has 1 aromatic carbocycles.